The molecule has 0 amide bonds. The Morgan fingerprint density at radius 1 is 1.44 bits per heavy atom. The molecule has 0 spiro atoms. The zero-order chi connectivity index (χ0) is 11.1. The predicted octanol–water partition coefficient (Wildman–Crippen LogP) is 2.84. The van der Waals surface area contributed by atoms with E-state index >= 15 is 0 Å². The Morgan fingerprint density at radius 3 is 3.12 bits per heavy atom. The van der Waals surface area contributed by atoms with Gasteiger partial charge in [-0.25, -0.2) is 4.99 Å². The molecule has 2 heterocycles. The highest BCUT2D eigenvalue weighted by atomic mass is 32.2. The van der Waals surface area contributed by atoms with E-state index in [-0.39, 0.29) is 0 Å². The van der Waals surface area contributed by atoms with Gasteiger partial charge in [0.25, 0.3) is 0 Å². The lowest BCUT2D eigenvalue weighted by atomic mass is 10.1. The quantitative estimate of drug-likeness (QED) is 0.722. The van der Waals surface area contributed by atoms with Gasteiger partial charge < -0.3 is 11.1 Å². The van der Waals surface area contributed by atoms with Crippen molar-refractivity contribution in [3.05, 3.63) is 34.9 Å². The molecule has 0 aromatic heterocycles. The highest BCUT2D eigenvalue weighted by Crippen LogP contribution is 2.41. The molecule has 3 nitrogen and oxygen atoms in total. The zero-order valence-corrected chi connectivity index (χ0v) is 9.84. The molecule has 0 fully saturated rings. The molecule has 0 radical (unpaired) electrons. The van der Waals surface area contributed by atoms with E-state index in [0.29, 0.717) is 11.1 Å². The van der Waals surface area contributed by atoms with Crippen molar-refractivity contribution in [2.45, 2.75) is 18.6 Å². The molecular formula is C12H13N3S. The van der Waals surface area contributed by atoms with Gasteiger partial charge in [-0.3, -0.25) is 0 Å². The number of benzene rings is 1. The summed E-state index contributed by atoms with van der Waals surface area (Å²) in [5.74, 6) is 0.657. The number of rotatable bonds is 0. The van der Waals surface area contributed by atoms with Crippen molar-refractivity contribution < 1.29 is 0 Å². The van der Waals surface area contributed by atoms with E-state index in [2.05, 4.69) is 17.2 Å². The molecule has 1 aromatic carbocycles. The van der Waals surface area contributed by atoms with Gasteiger partial charge in [0.05, 0.1) is 16.4 Å². The van der Waals surface area contributed by atoms with Gasteiger partial charge in [0.15, 0.2) is 0 Å². The van der Waals surface area contributed by atoms with Crippen LogP contribution in [0.5, 0.6) is 0 Å². The fourth-order valence-corrected chi connectivity index (χ4v) is 3.17. The van der Waals surface area contributed by atoms with Crippen LogP contribution in [0.25, 0.3) is 0 Å². The van der Waals surface area contributed by atoms with Crippen LogP contribution in [0.4, 0.5) is 11.4 Å². The number of aliphatic imine (C=N–C) groups is 1. The van der Waals surface area contributed by atoms with Gasteiger partial charge in [0, 0.05) is 10.8 Å². The number of amidine groups is 1. The summed E-state index contributed by atoms with van der Waals surface area (Å²) < 4.78 is 0. The fourth-order valence-electron chi connectivity index (χ4n) is 2.02. The average Bonchev–Trinajstić information content (AvgIpc) is 2.57. The maximum absolute atomic E-state index is 6.04. The first-order valence-electron chi connectivity index (χ1n) is 5.34. The van der Waals surface area contributed by atoms with Crippen LogP contribution in [0.1, 0.15) is 13.3 Å². The molecule has 16 heavy (non-hydrogen) atoms. The van der Waals surface area contributed by atoms with E-state index in [9.17, 15) is 0 Å². The number of nitrogens with two attached hydrogens (primary N) is 1. The van der Waals surface area contributed by atoms with E-state index in [1.54, 1.807) is 0 Å². The standard InChI is InChI=1S/C12H13N3S/c1-7-6-8-11(13)14-9-4-2-3-5-10(9)15-12(8)16-7/h2-5,7,15H,6H2,1H3,(H2,13,14). The minimum atomic E-state index is 0.580. The summed E-state index contributed by atoms with van der Waals surface area (Å²) in [6.07, 6.45) is 0.996. The lowest BCUT2D eigenvalue weighted by Gasteiger charge is -2.08. The van der Waals surface area contributed by atoms with Crippen LogP contribution >= 0.6 is 11.8 Å². The Bertz CT molecular complexity index is 505. The molecule has 0 saturated carbocycles. The summed E-state index contributed by atoms with van der Waals surface area (Å²) in [5.41, 5.74) is 9.15. The van der Waals surface area contributed by atoms with Gasteiger partial charge in [0.1, 0.15) is 5.84 Å². The highest BCUT2D eigenvalue weighted by Gasteiger charge is 2.26. The summed E-state index contributed by atoms with van der Waals surface area (Å²) in [6.45, 7) is 2.21. The average molecular weight is 231 g/mol. The number of anilines is 1. The largest absolute Gasteiger partial charge is 0.383 e. The molecule has 2 aliphatic rings. The van der Waals surface area contributed by atoms with Crippen LogP contribution < -0.4 is 11.1 Å². The Labute approximate surface area is 98.8 Å². The van der Waals surface area contributed by atoms with Crippen LogP contribution in [0, 0.1) is 0 Å². The van der Waals surface area contributed by atoms with Crippen molar-refractivity contribution in [3.8, 4) is 0 Å². The van der Waals surface area contributed by atoms with Crippen molar-refractivity contribution in [2.24, 2.45) is 10.7 Å². The fraction of sp³-hybridized carbons (Fsp3) is 0.250. The summed E-state index contributed by atoms with van der Waals surface area (Å²) in [5, 5.41) is 5.18. The maximum atomic E-state index is 6.04. The monoisotopic (exact) mass is 231 g/mol. The number of fused-ring (bicyclic) bond motifs is 1. The molecule has 0 aliphatic carbocycles. The van der Waals surface area contributed by atoms with Crippen LogP contribution in [-0.2, 0) is 0 Å². The molecule has 2 aliphatic heterocycles. The van der Waals surface area contributed by atoms with E-state index in [1.807, 2.05) is 36.0 Å². The van der Waals surface area contributed by atoms with Gasteiger partial charge in [0.2, 0.25) is 0 Å². The van der Waals surface area contributed by atoms with Gasteiger partial charge in [-0.1, -0.05) is 19.1 Å². The summed E-state index contributed by atoms with van der Waals surface area (Å²) in [7, 11) is 0. The lowest BCUT2D eigenvalue weighted by molar-refractivity contribution is 0.976. The number of thioether (sulfide) groups is 1. The van der Waals surface area contributed by atoms with Gasteiger partial charge in [-0.2, -0.15) is 0 Å². The Morgan fingerprint density at radius 2 is 2.25 bits per heavy atom. The molecule has 3 N–H and O–H groups in total. The van der Waals surface area contributed by atoms with Crippen LogP contribution in [0.2, 0.25) is 0 Å². The smallest absolute Gasteiger partial charge is 0.130 e. The molecule has 0 bridgehead atoms. The summed E-state index contributed by atoms with van der Waals surface area (Å²) in [4.78, 5) is 4.48. The maximum Gasteiger partial charge on any atom is 0.130 e. The second-order valence-corrected chi connectivity index (χ2v) is 5.53. The third-order valence-electron chi connectivity index (χ3n) is 2.79. The highest BCUT2D eigenvalue weighted by molar-refractivity contribution is 8.04. The number of hydrogen-bond donors (Lipinski definition) is 2. The van der Waals surface area contributed by atoms with Crippen LogP contribution in [-0.4, -0.2) is 11.1 Å². The van der Waals surface area contributed by atoms with E-state index in [0.717, 1.165) is 23.4 Å². The SMILES string of the molecule is CC1CC2=C(Nc3ccccc3N=C2N)S1. The second-order valence-electron chi connectivity index (χ2n) is 4.08. The first-order chi connectivity index (χ1) is 7.74. The molecule has 4 heteroatoms. The third kappa shape index (κ3) is 1.50. The predicted molar refractivity (Wildman–Crippen MR) is 70.0 cm³/mol. The molecule has 82 valence electrons. The minimum Gasteiger partial charge on any atom is -0.383 e. The Balaban J connectivity index is 2.10. The molecule has 0 saturated heterocycles. The molecule has 1 aromatic rings. The number of para-hydroxylation sites is 2. The first kappa shape index (κ1) is 9.78. The van der Waals surface area contributed by atoms with Gasteiger partial charge in [-0.05, 0) is 18.6 Å². The third-order valence-corrected chi connectivity index (χ3v) is 3.94. The van der Waals surface area contributed by atoms with Crippen molar-refractivity contribution in [1.29, 1.82) is 0 Å². The lowest BCUT2D eigenvalue weighted by Crippen LogP contribution is -2.15. The second kappa shape index (κ2) is 3.56. The van der Waals surface area contributed by atoms with Gasteiger partial charge in [-0.15, -0.1) is 11.8 Å². The van der Waals surface area contributed by atoms with Crippen molar-refractivity contribution in [2.75, 3.05) is 5.32 Å². The number of hydrogen-bond acceptors (Lipinski definition) is 4. The summed E-state index contributed by atoms with van der Waals surface area (Å²) >= 11 is 1.84. The van der Waals surface area contributed by atoms with Crippen molar-refractivity contribution in [1.82, 2.24) is 0 Å². The Kier molecular flexibility index (Phi) is 2.17. The minimum absolute atomic E-state index is 0.580. The van der Waals surface area contributed by atoms with Crippen molar-refractivity contribution in [3.63, 3.8) is 0 Å². The normalized spacial score (nSPS) is 23.1. The molecular weight excluding hydrogens is 218 g/mol. The van der Waals surface area contributed by atoms with Crippen molar-refractivity contribution >= 4 is 29.0 Å². The molecule has 1 unspecified atom stereocenters. The molecule has 3 rings (SSSR count). The first-order valence-corrected chi connectivity index (χ1v) is 6.22. The molecule has 1 atom stereocenters. The van der Waals surface area contributed by atoms with E-state index in [4.69, 9.17) is 5.73 Å². The zero-order valence-electron chi connectivity index (χ0n) is 9.03. The summed E-state index contributed by atoms with van der Waals surface area (Å²) in [6, 6.07) is 7.99. The van der Waals surface area contributed by atoms with E-state index < -0.39 is 0 Å². The van der Waals surface area contributed by atoms with E-state index in [1.165, 1.54) is 5.03 Å². The Hall–Kier alpha value is -1.42. The van der Waals surface area contributed by atoms with Gasteiger partial charge >= 0.3 is 0 Å². The number of nitrogens with one attached hydrogen (secondary N) is 1. The topological polar surface area (TPSA) is 50.4 Å². The van der Waals surface area contributed by atoms with Crippen LogP contribution in [0.15, 0.2) is 39.9 Å². The number of nitrogens with zero attached hydrogens (tertiary/aromatic N) is 1. The van der Waals surface area contributed by atoms with Crippen LogP contribution in [0.3, 0.4) is 0 Å².